The van der Waals surface area contributed by atoms with Crippen LogP contribution in [-0.2, 0) is 0 Å². The van der Waals surface area contributed by atoms with Crippen LogP contribution in [0.25, 0.3) is 0 Å². The second-order valence-corrected chi connectivity index (χ2v) is 5.34. The highest BCUT2D eigenvalue weighted by atomic mass is 32.2. The lowest BCUT2D eigenvalue weighted by Crippen LogP contribution is -2.14. The Balaban J connectivity index is 2.04. The molecule has 1 aliphatic rings. The van der Waals surface area contributed by atoms with Crippen molar-refractivity contribution in [2.24, 2.45) is 5.92 Å². The highest BCUT2D eigenvalue weighted by molar-refractivity contribution is 7.99. The van der Waals surface area contributed by atoms with E-state index >= 15 is 0 Å². The van der Waals surface area contributed by atoms with Crippen LogP contribution >= 0.6 is 11.8 Å². The first kappa shape index (κ1) is 11.4. The normalized spacial score (nSPS) is 25.7. The van der Waals surface area contributed by atoms with E-state index in [-0.39, 0.29) is 5.92 Å². The zero-order valence-electron chi connectivity index (χ0n) is 9.17. The van der Waals surface area contributed by atoms with Crippen LogP contribution in [0.1, 0.15) is 32.1 Å². The molecule has 1 saturated carbocycles. The zero-order valence-corrected chi connectivity index (χ0v) is 9.99. The largest absolute Gasteiger partial charge is 0.245 e. The van der Waals surface area contributed by atoms with Crippen molar-refractivity contribution < 1.29 is 0 Å². The minimum absolute atomic E-state index is 0.183. The van der Waals surface area contributed by atoms with Gasteiger partial charge in [-0.05, 0) is 18.9 Å². The number of aromatic nitrogens is 2. The van der Waals surface area contributed by atoms with Gasteiger partial charge in [-0.2, -0.15) is 5.26 Å². The Morgan fingerprint density at radius 3 is 2.94 bits per heavy atom. The van der Waals surface area contributed by atoms with Gasteiger partial charge in [0.2, 0.25) is 0 Å². The molecule has 1 aliphatic carbocycles. The second-order valence-electron chi connectivity index (χ2n) is 4.08. The molecule has 3 nitrogen and oxygen atoms in total. The Morgan fingerprint density at radius 1 is 1.31 bits per heavy atom. The van der Waals surface area contributed by atoms with Crippen molar-refractivity contribution in [2.75, 3.05) is 0 Å². The van der Waals surface area contributed by atoms with Crippen molar-refractivity contribution >= 4 is 11.8 Å². The SMILES string of the molecule is N#CC1CCCCCC1Sc1ccncn1. The van der Waals surface area contributed by atoms with Crippen LogP contribution in [0.3, 0.4) is 0 Å². The average molecular weight is 233 g/mol. The Kier molecular flexibility index (Phi) is 4.17. The zero-order chi connectivity index (χ0) is 11.2. The van der Waals surface area contributed by atoms with E-state index in [0.29, 0.717) is 5.25 Å². The maximum atomic E-state index is 9.17. The Labute approximate surface area is 100 Å². The summed E-state index contributed by atoms with van der Waals surface area (Å²) in [5.74, 6) is 0.183. The lowest BCUT2D eigenvalue weighted by atomic mass is 10.0. The van der Waals surface area contributed by atoms with Crippen LogP contribution in [0.5, 0.6) is 0 Å². The maximum absolute atomic E-state index is 9.17. The van der Waals surface area contributed by atoms with Crippen LogP contribution in [0, 0.1) is 17.2 Å². The van der Waals surface area contributed by atoms with E-state index in [2.05, 4.69) is 16.0 Å². The van der Waals surface area contributed by atoms with Crippen molar-refractivity contribution in [1.82, 2.24) is 9.97 Å². The summed E-state index contributed by atoms with van der Waals surface area (Å²) in [7, 11) is 0. The molecule has 0 N–H and O–H groups in total. The lowest BCUT2D eigenvalue weighted by molar-refractivity contribution is 0.584. The minimum atomic E-state index is 0.183. The summed E-state index contributed by atoms with van der Waals surface area (Å²) in [5, 5.41) is 10.6. The standard InChI is InChI=1S/C12H15N3S/c13-8-10-4-2-1-3-5-11(10)16-12-6-7-14-9-15-12/h6-7,9-11H,1-5H2. The molecule has 0 amide bonds. The van der Waals surface area contributed by atoms with E-state index in [1.165, 1.54) is 19.3 Å². The van der Waals surface area contributed by atoms with E-state index in [4.69, 9.17) is 5.26 Å². The smallest absolute Gasteiger partial charge is 0.116 e. The third kappa shape index (κ3) is 2.96. The van der Waals surface area contributed by atoms with Crippen molar-refractivity contribution in [3.05, 3.63) is 18.6 Å². The van der Waals surface area contributed by atoms with Crippen LogP contribution in [0.2, 0.25) is 0 Å². The first-order chi connectivity index (χ1) is 7.90. The van der Waals surface area contributed by atoms with Crippen LogP contribution in [-0.4, -0.2) is 15.2 Å². The Bertz CT molecular complexity index is 360. The van der Waals surface area contributed by atoms with Crippen LogP contribution < -0.4 is 0 Å². The summed E-state index contributed by atoms with van der Waals surface area (Å²) in [6, 6.07) is 4.37. The number of nitrogens with zero attached hydrogens (tertiary/aromatic N) is 3. The van der Waals surface area contributed by atoms with Gasteiger partial charge in [0.05, 0.1) is 17.0 Å². The minimum Gasteiger partial charge on any atom is -0.245 e. The van der Waals surface area contributed by atoms with Gasteiger partial charge in [0.15, 0.2) is 0 Å². The molecule has 84 valence electrons. The highest BCUT2D eigenvalue weighted by Gasteiger charge is 2.24. The first-order valence-electron chi connectivity index (χ1n) is 5.72. The fraction of sp³-hybridized carbons (Fsp3) is 0.583. The quantitative estimate of drug-likeness (QED) is 0.582. The van der Waals surface area contributed by atoms with Gasteiger partial charge in [-0.3, -0.25) is 0 Å². The molecule has 1 heterocycles. The molecule has 4 heteroatoms. The number of hydrogen-bond donors (Lipinski definition) is 0. The molecule has 16 heavy (non-hydrogen) atoms. The van der Waals surface area contributed by atoms with Crippen LogP contribution in [0.4, 0.5) is 0 Å². The van der Waals surface area contributed by atoms with E-state index in [9.17, 15) is 0 Å². The summed E-state index contributed by atoms with van der Waals surface area (Å²) in [4.78, 5) is 8.12. The van der Waals surface area contributed by atoms with Gasteiger partial charge in [0, 0.05) is 11.4 Å². The van der Waals surface area contributed by atoms with E-state index in [0.717, 1.165) is 17.9 Å². The molecule has 1 aromatic rings. The summed E-state index contributed by atoms with van der Waals surface area (Å²) >= 11 is 1.74. The van der Waals surface area contributed by atoms with Crippen molar-refractivity contribution in [2.45, 2.75) is 42.4 Å². The number of thioether (sulfide) groups is 1. The second kappa shape index (κ2) is 5.86. The monoisotopic (exact) mass is 233 g/mol. The molecule has 2 rings (SSSR count). The van der Waals surface area contributed by atoms with Gasteiger partial charge in [-0.15, -0.1) is 11.8 Å². The van der Waals surface area contributed by atoms with Crippen molar-refractivity contribution in [3.63, 3.8) is 0 Å². The summed E-state index contributed by atoms with van der Waals surface area (Å²) < 4.78 is 0. The van der Waals surface area contributed by atoms with Gasteiger partial charge in [-0.25, -0.2) is 9.97 Å². The summed E-state index contributed by atoms with van der Waals surface area (Å²) in [6.45, 7) is 0. The van der Waals surface area contributed by atoms with Gasteiger partial charge in [-0.1, -0.05) is 19.3 Å². The predicted molar refractivity (Wildman–Crippen MR) is 63.9 cm³/mol. The highest BCUT2D eigenvalue weighted by Crippen LogP contribution is 2.35. The van der Waals surface area contributed by atoms with Gasteiger partial charge < -0.3 is 0 Å². The number of hydrogen-bond acceptors (Lipinski definition) is 4. The van der Waals surface area contributed by atoms with E-state index in [1.807, 2.05) is 6.07 Å². The van der Waals surface area contributed by atoms with Gasteiger partial charge in [0.25, 0.3) is 0 Å². The van der Waals surface area contributed by atoms with Crippen LogP contribution in [0.15, 0.2) is 23.6 Å². The molecule has 1 fully saturated rings. The predicted octanol–water partition coefficient (Wildman–Crippen LogP) is 3.04. The van der Waals surface area contributed by atoms with Crippen molar-refractivity contribution in [3.8, 4) is 6.07 Å². The molecule has 0 aromatic carbocycles. The molecule has 0 spiro atoms. The summed E-state index contributed by atoms with van der Waals surface area (Å²) in [6.07, 6.45) is 9.19. The molecule has 0 bridgehead atoms. The fourth-order valence-corrected chi connectivity index (χ4v) is 3.27. The molecular formula is C12H15N3S. The lowest BCUT2D eigenvalue weighted by Gasteiger charge is -2.17. The fourth-order valence-electron chi connectivity index (χ4n) is 2.07. The maximum Gasteiger partial charge on any atom is 0.116 e. The molecule has 1 aromatic heterocycles. The molecule has 2 atom stereocenters. The third-order valence-electron chi connectivity index (χ3n) is 2.95. The molecular weight excluding hydrogens is 218 g/mol. The van der Waals surface area contributed by atoms with Crippen molar-refractivity contribution in [1.29, 1.82) is 5.26 Å². The topological polar surface area (TPSA) is 49.6 Å². The third-order valence-corrected chi connectivity index (χ3v) is 4.30. The number of rotatable bonds is 2. The first-order valence-corrected chi connectivity index (χ1v) is 6.60. The average Bonchev–Trinajstić information content (AvgIpc) is 2.55. The van der Waals surface area contributed by atoms with Gasteiger partial charge >= 0.3 is 0 Å². The molecule has 2 unspecified atom stereocenters. The van der Waals surface area contributed by atoms with Gasteiger partial charge in [0.1, 0.15) is 6.33 Å². The Hall–Kier alpha value is -1.08. The molecule has 0 aliphatic heterocycles. The summed E-state index contributed by atoms with van der Waals surface area (Å²) in [5.41, 5.74) is 0. The Morgan fingerprint density at radius 2 is 2.19 bits per heavy atom. The van der Waals surface area contributed by atoms with E-state index in [1.54, 1.807) is 24.3 Å². The number of nitriles is 1. The molecule has 0 saturated heterocycles. The van der Waals surface area contributed by atoms with E-state index < -0.39 is 0 Å². The molecule has 0 radical (unpaired) electrons.